The largest absolute Gasteiger partial charge is 0.464 e. The zero-order valence-electron chi connectivity index (χ0n) is 13.7. The molecule has 0 saturated carbocycles. The van der Waals surface area contributed by atoms with E-state index in [1.807, 2.05) is 20.8 Å². The van der Waals surface area contributed by atoms with Crippen LogP contribution in [0.5, 0.6) is 0 Å². The van der Waals surface area contributed by atoms with E-state index in [1.54, 1.807) is 4.90 Å². The van der Waals surface area contributed by atoms with Crippen LogP contribution in [-0.2, 0) is 24.3 Å². The summed E-state index contributed by atoms with van der Waals surface area (Å²) >= 11 is 0. The summed E-state index contributed by atoms with van der Waals surface area (Å²) in [6.45, 7) is 6.65. The maximum absolute atomic E-state index is 12.3. The first kappa shape index (κ1) is 18.9. The number of hydrogen-bond donors (Lipinski definition) is 1. The van der Waals surface area contributed by atoms with Crippen molar-refractivity contribution in [1.82, 2.24) is 9.62 Å². The molecule has 0 aromatic carbocycles. The van der Waals surface area contributed by atoms with Crippen molar-refractivity contribution in [3.8, 4) is 0 Å². The molecule has 128 valence electrons. The third-order valence-corrected chi connectivity index (χ3v) is 4.12. The van der Waals surface area contributed by atoms with Gasteiger partial charge in [0.25, 0.3) is 0 Å². The van der Waals surface area contributed by atoms with Crippen LogP contribution in [0.15, 0.2) is 0 Å². The monoisotopic (exact) mass is 334 g/mol. The van der Waals surface area contributed by atoms with Gasteiger partial charge in [0.2, 0.25) is 15.9 Å². The molecule has 1 amide bonds. The van der Waals surface area contributed by atoms with E-state index in [2.05, 4.69) is 4.72 Å². The van der Waals surface area contributed by atoms with Crippen LogP contribution in [0, 0.1) is 11.3 Å². The van der Waals surface area contributed by atoms with E-state index < -0.39 is 15.4 Å². The van der Waals surface area contributed by atoms with Crippen LogP contribution in [0.1, 0.15) is 33.6 Å². The number of esters is 1. The van der Waals surface area contributed by atoms with Crippen molar-refractivity contribution in [2.24, 2.45) is 11.3 Å². The van der Waals surface area contributed by atoms with Crippen molar-refractivity contribution in [3.05, 3.63) is 0 Å². The number of amides is 1. The molecule has 1 fully saturated rings. The number of piperidine rings is 1. The summed E-state index contributed by atoms with van der Waals surface area (Å²) in [6, 6.07) is 0. The molecule has 0 aromatic rings. The molecule has 0 spiro atoms. The van der Waals surface area contributed by atoms with Crippen LogP contribution in [0.25, 0.3) is 0 Å². The number of nitrogens with one attached hydrogen (secondary N) is 1. The predicted octanol–water partition coefficient (Wildman–Crippen LogP) is 0.364. The molecule has 1 heterocycles. The van der Waals surface area contributed by atoms with Crippen LogP contribution in [-0.4, -0.2) is 57.7 Å². The van der Waals surface area contributed by atoms with Gasteiger partial charge in [-0.25, -0.2) is 13.1 Å². The first-order chi connectivity index (χ1) is 10.0. The van der Waals surface area contributed by atoms with E-state index in [-0.39, 0.29) is 30.9 Å². The number of carbonyl (C=O) groups is 2. The molecule has 0 aromatic heterocycles. The van der Waals surface area contributed by atoms with E-state index in [0.29, 0.717) is 19.5 Å². The Morgan fingerprint density at radius 1 is 1.32 bits per heavy atom. The Morgan fingerprint density at radius 3 is 2.50 bits per heavy atom. The molecule has 0 aliphatic carbocycles. The molecule has 7 nitrogen and oxygen atoms in total. The molecule has 1 atom stereocenters. The second kappa shape index (κ2) is 7.41. The van der Waals surface area contributed by atoms with E-state index in [9.17, 15) is 18.0 Å². The molecule has 1 saturated heterocycles. The van der Waals surface area contributed by atoms with Crippen LogP contribution in [0.2, 0.25) is 0 Å². The number of hydrogen-bond acceptors (Lipinski definition) is 5. The summed E-state index contributed by atoms with van der Waals surface area (Å²) in [5.74, 6) is -0.677. The summed E-state index contributed by atoms with van der Waals surface area (Å²) in [7, 11) is -3.28. The lowest BCUT2D eigenvalue weighted by atomic mass is 9.91. The lowest BCUT2D eigenvalue weighted by Gasteiger charge is -2.35. The van der Waals surface area contributed by atoms with Crippen molar-refractivity contribution in [1.29, 1.82) is 0 Å². The fourth-order valence-electron chi connectivity index (χ4n) is 2.32. The van der Waals surface area contributed by atoms with Crippen molar-refractivity contribution < 1.29 is 22.7 Å². The van der Waals surface area contributed by atoms with Crippen molar-refractivity contribution in [2.45, 2.75) is 33.6 Å². The minimum atomic E-state index is -3.28. The zero-order valence-corrected chi connectivity index (χ0v) is 14.5. The first-order valence-electron chi connectivity index (χ1n) is 7.41. The van der Waals surface area contributed by atoms with Gasteiger partial charge in [-0.05, 0) is 12.8 Å². The number of sulfonamides is 1. The third-order valence-electron chi connectivity index (χ3n) is 3.39. The molecular formula is C14H26N2O5S. The zero-order chi connectivity index (χ0) is 17.0. The summed E-state index contributed by atoms with van der Waals surface area (Å²) in [5.41, 5.74) is -0.467. The average Bonchev–Trinajstić information content (AvgIpc) is 2.40. The summed E-state index contributed by atoms with van der Waals surface area (Å²) in [6.07, 6.45) is 2.50. The van der Waals surface area contributed by atoms with Crippen molar-refractivity contribution >= 4 is 21.9 Å². The minimum absolute atomic E-state index is 0.00434. The Balaban J connectivity index is 2.44. The molecule has 22 heavy (non-hydrogen) atoms. The van der Waals surface area contributed by atoms with Gasteiger partial charge in [-0.1, -0.05) is 20.8 Å². The minimum Gasteiger partial charge on any atom is -0.464 e. The molecule has 1 rings (SSSR count). The van der Waals surface area contributed by atoms with Crippen LogP contribution in [0.3, 0.4) is 0 Å². The Hall–Kier alpha value is -1.15. The fourth-order valence-corrected chi connectivity index (χ4v) is 2.78. The standard InChI is InChI=1S/C14H26N2O5S/c1-14(2,3)13(18)16-8-5-6-11(10-16)12(17)21-9-7-15-22(4,19)20/h11,15H,5-10H2,1-4H3. The Kier molecular flexibility index (Phi) is 6.37. The summed E-state index contributed by atoms with van der Waals surface area (Å²) < 4.78 is 29.1. The van der Waals surface area contributed by atoms with Gasteiger partial charge in [-0.2, -0.15) is 0 Å². The van der Waals surface area contributed by atoms with Gasteiger partial charge >= 0.3 is 5.97 Å². The van der Waals surface area contributed by atoms with Crippen LogP contribution < -0.4 is 4.72 Å². The lowest BCUT2D eigenvalue weighted by molar-refractivity contribution is -0.153. The first-order valence-corrected chi connectivity index (χ1v) is 9.30. The Morgan fingerprint density at radius 2 is 1.95 bits per heavy atom. The van der Waals surface area contributed by atoms with Crippen molar-refractivity contribution in [2.75, 3.05) is 32.5 Å². The number of rotatable bonds is 5. The highest BCUT2D eigenvalue weighted by atomic mass is 32.2. The highest BCUT2D eigenvalue weighted by Crippen LogP contribution is 2.24. The average molecular weight is 334 g/mol. The SMILES string of the molecule is CC(C)(C)C(=O)N1CCCC(C(=O)OCCNS(C)(=O)=O)C1. The smallest absolute Gasteiger partial charge is 0.310 e. The number of ether oxygens (including phenoxy) is 1. The lowest BCUT2D eigenvalue weighted by Crippen LogP contribution is -2.47. The summed E-state index contributed by atoms with van der Waals surface area (Å²) in [5, 5.41) is 0. The quantitative estimate of drug-likeness (QED) is 0.579. The molecule has 1 aliphatic rings. The highest BCUT2D eigenvalue weighted by molar-refractivity contribution is 7.88. The maximum atomic E-state index is 12.3. The number of carbonyl (C=O) groups excluding carboxylic acids is 2. The van der Waals surface area contributed by atoms with Crippen LogP contribution in [0.4, 0.5) is 0 Å². The molecule has 0 radical (unpaired) electrons. The number of likely N-dealkylation sites (tertiary alicyclic amines) is 1. The Bertz CT molecular complexity index is 510. The van der Waals surface area contributed by atoms with E-state index in [4.69, 9.17) is 4.74 Å². The Labute approximate surface area is 132 Å². The second-order valence-electron chi connectivity index (χ2n) is 6.67. The van der Waals surface area contributed by atoms with Gasteiger partial charge in [0.15, 0.2) is 0 Å². The van der Waals surface area contributed by atoms with E-state index in [1.165, 1.54) is 0 Å². The maximum Gasteiger partial charge on any atom is 0.310 e. The molecule has 8 heteroatoms. The van der Waals surface area contributed by atoms with Gasteiger partial charge in [-0.15, -0.1) is 0 Å². The second-order valence-corrected chi connectivity index (χ2v) is 8.51. The number of nitrogens with zero attached hydrogens (tertiary/aromatic N) is 1. The van der Waals surface area contributed by atoms with Gasteiger partial charge in [0, 0.05) is 25.0 Å². The molecular weight excluding hydrogens is 308 g/mol. The molecule has 1 unspecified atom stereocenters. The van der Waals surface area contributed by atoms with Crippen LogP contribution >= 0.6 is 0 Å². The van der Waals surface area contributed by atoms with Crippen molar-refractivity contribution in [3.63, 3.8) is 0 Å². The van der Waals surface area contributed by atoms with Gasteiger partial charge in [0.05, 0.1) is 12.2 Å². The molecule has 1 N–H and O–H groups in total. The normalized spacial score (nSPS) is 19.8. The predicted molar refractivity (Wildman–Crippen MR) is 82.6 cm³/mol. The molecule has 0 bridgehead atoms. The summed E-state index contributed by atoms with van der Waals surface area (Å²) in [4.78, 5) is 26.0. The third kappa shape index (κ3) is 6.31. The molecule has 1 aliphatic heterocycles. The highest BCUT2D eigenvalue weighted by Gasteiger charge is 2.33. The van der Waals surface area contributed by atoms with E-state index in [0.717, 1.165) is 12.7 Å². The topological polar surface area (TPSA) is 92.8 Å². The van der Waals surface area contributed by atoms with E-state index >= 15 is 0 Å². The van der Waals surface area contributed by atoms with Gasteiger partial charge in [0.1, 0.15) is 6.61 Å². The van der Waals surface area contributed by atoms with Gasteiger partial charge < -0.3 is 9.64 Å². The van der Waals surface area contributed by atoms with Gasteiger partial charge in [-0.3, -0.25) is 9.59 Å². The fraction of sp³-hybridized carbons (Fsp3) is 0.857.